The van der Waals surface area contributed by atoms with Crippen molar-refractivity contribution in [3.8, 4) is 0 Å². The quantitative estimate of drug-likeness (QED) is 0.838. The van der Waals surface area contributed by atoms with Crippen molar-refractivity contribution in [2.45, 2.75) is 11.5 Å². The lowest BCUT2D eigenvalue weighted by molar-refractivity contribution is 0.279. The van der Waals surface area contributed by atoms with Gasteiger partial charge in [0.25, 0.3) is 0 Å². The lowest BCUT2D eigenvalue weighted by Gasteiger charge is -2.08. The van der Waals surface area contributed by atoms with Gasteiger partial charge in [-0.25, -0.2) is 8.42 Å². The van der Waals surface area contributed by atoms with Crippen molar-refractivity contribution >= 4 is 33.2 Å². The second kappa shape index (κ2) is 5.91. The Bertz CT molecular complexity index is 457. The van der Waals surface area contributed by atoms with Crippen LogP contribution in [0.4, 0.5) is 0 Å². The van der Waals surface area contributed by atoms with Crippen LogP contribution < -0.4 is 0 Å². The molecule has 1 aromatic rings. The molecule has 0 aliphatic rings. The largest absolute Gasteiger partial charge is 0.392 e. The molecule has 0 amide bonds. The first kappa shape index (κ1) is 13.8. The molecule has 0 radical (unpaired) electrons. The van der Waals surface area contributed by atoms with Crippen molar-refractivity contribution in [2.75, 3.05) is 17.8 Å². The van der Waals surface area contributed by atoms with E-state index in [2.05, 4.69) is 0 Å². The number of hydrogen-bond donors (Lipinski definition) is 1. The minimum absolute atomic E-state index is 0.120. The molecule has 3 nitrogen and oxygen atoms in total. The fourth-order valence-corrected chi connectivity index (χ4v) is 3.71. The third-order valence-electron chi connectivity index (χ3n) is 1.95. The number of halogens is 1. The molecule has 1 rings (SSSR count). The number of aliphatic hydroxyl groups is 1. The minimum Gasteiger partial charge on any atom is -0.392 e. The highest BCUT2D eigenvalue weighted by molar-refractivity contribution is 8.00. The molecule has 0 aliphatic heterocycles. The fraction of sp³-hybridized carbons (Fsp3) is 0.400. The van der Waals surface area contributed by atoms with E-state index in [1.807, 2.05) is 6.07 Å². The van der Waals surface area contributed by atoms with E-state index in [0.29, 0.717) is 16.3 Å². The summed E-state index contributed by atoms with van der Waals surface area (Å²) in [5.74, 6) is 0.585. The number of hydrogen-bond acceptors (Lipinski definition) is 4. The van der Waals surface area contributed by atoms with E-state index in [9.17, 15) is 8.42 Å². The van der Waals surface area contributed by atoms with Crippen LogP contribution in [0.5, 0.6) is 0 Å². The van der Waals surface area contributed by atoms with Crippen molar-refractivity contribution < 1.29 is 13.5 Å². The smallest absolute Gasteiger partial charge is 0.148 e. The van der Waals surface area contributed by atoms with Gasteiger partial charge in [0.15, 0.2) is 0 Å². The van der Waals surface area contributed by atoms with Gasteiger partial charge in [-0.1, -0.05) is 17.7 Å². The lowest BCUT2D eigenvalue weighted by Crippen LogP contribution is -2.05. The Kier molecular flexibility index (Phi) is 5.11. The van der Waals surface area contributed by atoms with Crippen LogP contribution in [0.3, 0.4) is 0 Å². The van der Waals surface area contributed by atoms with E-state index in [1.54, 1.807) is 12.1 Å². The zero-order valence-electron chi connectivity index (χ0n) is 8.81. The van der Waals surface area contributed by atoms with Crippen LogP contribution in [0.2, 0.25) is 5.02 Å². The summed E-state index contributed by atoms with van der Waals surface area (Å²) in [7, 11) is -2.94. The maximum Gasteiger partial charge on any atom is 0.148 e. The SMILES string of the molecule is CS(=O)(=O)CCSc1cccc(Cl)c1CO. The Morgan fingerprint density at radius 2 is 2.12 bits per heavy atom. The molecule has 0 spiro atoms. The molecule has 90 valence electrons. The molecule has 16 heavy (non-hydrogen) atoms. The van der Waals surface area contributed by atoms with Gasteiger partial charge >= 0.3 is 0 Å². The molecular formula is C10H13ClO3S2. The first-order valence-corrected chi connectivity index (χ1v) is 8.05. The second-order valence-electron chi connectivity index (χ2n) is 3.35. The Morgan fingerprint density at radius 3 is 2.69 bits per heavy atom. The fourth-order valence-electron chi connectivity index (χ4n) is 1.13. The van der Waals surface area contributed by atoms with Crippen molar-refractivity contribution in [1.82, 2.24) is 0 Å². The van der Waals surface area contributed by atoms with Crippen LogP contribution >= 0.6 is 23.4 Å². The number of rotatable bonds is 5. The Hall–Kier alpha value is -0.230. The Labute approximate surface area is 105 Å². The van der Waals surface area contributed by atoms with Gasteiger partial charge in [0, 0.05) is 27.5 Å². The van der Waals surface area contributed by atoms with E-state index >= 15 is 0 Å². The predicted molar refractivity (Wildman–Crippen MR) is 67.8 cm³/mol. The molecule has 0 unspecified atom stereocenters. The van der Waals surface area contributed by atoms with Crippen LogP contribution in [-0.2, 0) is 16.4 Å². The standard InChI is InChI=1S/C10H13ClO3S2/c1-16(13,14)6-5-15-10-4-2-3-9(11)8(10)7-12/h2-4,12H,5-7H2,1H3. The summed E-state index contributed by atoms with van der Waals surface area (Å²) in [5, 5.41) is 9.65. The highest BCUT2D eigenvalue weighted by Crippen LogP contribution is 2.28. The summed E-state index contributed by atoms with van der Waals surface area (Å²) in [6.45, 7) is -0.138. The first-order valence-electron chi connectivity index (χ1n) is 4.63. The molecule has 6 heteroatoms. The summed E-state index contributed by atoms with van der Waals surface area (Å²) >= 11 is 7.30. The number of benzene rings is 1. The number of thioether (sulfide) groups is 1. The van der Waals surface area contributed by atoms with E-state index < -0.39 is 9.84 Å². The van der Waals surface area contributed by atoms with Crippen LogP contribution in [0, 0.1) is 0 Å². The summed E-state index contributed by atoms with van der Waals surface area (Å²) < 4.78 is 21.9. The maximum absolute atomic E-state index is 11.0. The molecule has 0 aliphatic carbocycles. The Morgan fingerprint density at radius 1 is 1.44 bits per heavy atom. The molecule has 0 bridgehead atoms. The Balaban J connectivity index is 2.71. The van der Waals surface area contributed by atoms with Crippen LogP contribution in [0.25, 0.3) is 0 Å². The zero-order valence-corrected chi connectivity index (χ0v) is 11.2. The van der Waals surface area contributed by atoms with Gasteiger partial charge in [-0.15, -0.1) is 11.8 Å². The van der Waals surface area contributed by atoms with Crippen LogP contribution in [0.15, 0.2) is 23.1 Å². The molecular weight excluding hydrogens is 268 g/mol. The second-order valence-corrected chi connectivity index (χ2v) is 7.16. The molecule has 0 saturated carbocycles. The predicted octanol–water partition coefficient (Wildman–Crippen LogP) is 1.97. The highest BCUT2D eigenvalue weighted by Gasteiger charge is 2.08. The molecule has 0 heterocycles. The van der Waals surface area contributed by atoms with E-state index in [4.69, 9.17) is 16.7 Å². The average molecular weight is 281 g/mol. The van der Waals surface area contributed by atoms with Gasteiger partial charge in [-0.05, 0) is 12.1 Å². The van der Waals surface area contributed by atoms with Gasteiger partial charge in [0.05, 0.1) is 12.4 Å². The number of aliphatic hydroxyl groups excluding tert-OH is 1. The third-order valence-corrected chi connectivity index (χ3v) is 4.61. The maximum atomic E-state index is 11.0. The van der Waals surface area contributed by atoms with Crippen molar-refractivity contribution in [3.63, 3.8) is 0 Å². The van der Waals surface area contributed by atoms with Crippen molar-refractivity contribution in [1.29, 1.82) is 0 Å². The van der Waals surface area contributed by atoms with Gasteiger partial charge in [0.1, 0.15) is 9.84 Å². The number of sulfone groups is 1. The normalized spacial score (nSPS) is 11.7. The van der Waals surface area contributed by atoms with E-state index in [0.717, 1.165) is 4.90 Å². The topological polar surface area (TPSA) is 54.4 Å². The van der Waals surface area contributed by atoms with Gasteiger partial charge in [0.2, 0.25) is 0 Å². The average Bonchev–Trinajstić information content (AvgIpc) is 2.16. The van der Waals surface area contributed by atoms with Gasteiger partial charge in [-0.3, -0.25) is 0 Å². The summed E-state index contributed by atoms with van der Waals surface area (Å²) in [4.78, 5) is 0.832. The summed E-state index contributed by atoms with van der Waals surface area (Å²) in [5.41, 5.74) is 0.655. The van der Waals surface area contributed by atoms with E-state index in [-0.39, 0.29) is 12.4 Å². The molecule has 1 aromatic carbocycles. The zero-order chi connectivity index (χ0) is 12.2. The van der Waals surface area contributed by atoms with Crippen LogP contribution in [-0.4, -0.2) is 31.3 Å². The first-order chi connectivity index (χ1) is 7.44. The molecule has 1 N–H and O–H groups in total. The van der Waals surface area contributed by atoms with Crippen LogP contribution in [0.1, 0.15) is 5.56 Å². The summed E-state index contributed by atoms with van der Waals surface area (Å²) in [6, 6.07) is 5.31. The van der Waals surface area contributed by atoms with Gasteiger partial charge < -0.3 is 5.11 Å². The summed E-state index contributed by atoms with van der Waals surface area (Å²) in [6.07, 6.45) is 1.21. The molecule has 0 fully saturated rings. The molecule has 0 saturated heterocycles. The minimum atomic E-state index is -2.94. The monoisotopic (exact) mass is 280 g/mol. The third kappa shape index (κ3) is 4.33. The van der Waals surface area contributed by atoms with Crippen molar-refractivity contribution in [3.05, 3.63) is 28.8 Å². The van der Waals surface area contributed by atoms with Crippen molar-refractivity contribution in [2.24, 2.45) is 0 Å². The van der Waals surface area contributed by atoms with E-state index in [1.165, 1.54) is 18.0 Å². The van der Waals surface area contributed by atoms with Gasteiger partial charge in [-0.2, -0.15) is 0 Å². The molecule has 0 aromatic heterocycles. The lowest BCUT2D eigenvalue weighted by atomic mass is 10.2. The molecule has 0 atom stereocenters. The highest BCUT2D eigenvalue weighted by atomic mass is 35.5.